The van der Waals surface area contributed by atoms with Gasteiger partial charge in [0.15, 0.2) is 0 Å². The molecule has 1 saturated carbocycles. The first-order valence-corrected chi connectivity index (χ1v) is 7.40. The molecule has 3 atom stereocenters. The summed E-state index contributed by atoms with van der Waals surface area (Å²) in [4.78, 5) is 5.21. The molecule has 1 N–H and O–H groups in total. The third kappa shape index (κ3) is 3.21. The van der Waals surface area contributed by atoms with Gasteiger partial charge < -0.3 is 5.11 Å². The molecule has 1 heterocycles. The average molecular weight is 240 g/mol. The summed E-state index contributed by atoms with van der Waals surface area (Å²) >= 11 is 0. The van der Waals surface area contributed by atoms with Crippen molar-refractivity contribution in [2.45, 2.75) is 64.1 Å². The van der Waals surface area contributed by atoms with Crippen LogP contribution in [0.4, 0.5) is 0 Å². The second kappa shape index (κ2) is 6.17. The Balaban J connectivity index is 1.84. The lowest BCUT2D eigenvalue weighted by atomic mass is 9.92. The Labute approximate surface area is 106 Å². The number of nitrogens with zero attached hydrogens (tertiary/aromatic N) is 2. The summed E-state index contributed by atoms with van der Waals surface area (Å²) in [6.45, 7) is 9.31. The Morgan fingerprint density at radius 1 is 1.18 bits per heavy atom. The SMILES string of the molecule is CCN(CC)C1CCN(C2CCCC(O)C2)C1. The van der Waals surface area contributed by atoms with Gasteiger partial charge >= 0.3 is 0 Å². The van der Waals surface area contributed by atoms with Gasteiger partial charge in [-0.3, -0.25) is 9.80 Å². The smallest absolute Gasteiger partial charge is 0.0555 e. The van der Waals surface area contributed by atoms with E-state index in [0.717, 1.165) is 18.9 Å². The molecule has 2 rings (SSSR count). The van der Waals surface area contributed by atoms with E-state index in [1.54, 1.807) is 0 Å². The monoisotopic (exact) mass is 240 g/mol. The lowest BCUT2D eigenvalue weighted by molar-refractivity contribution is 0.0682. The molecule has 17 heavy (non-hydrogen) atoms. The van der Waals surface area contributed by atoms with Gasteiger partial charge in [0.05, 0.1) is 6.10 Å². The highest BCUT2D eigenvalue weighted by Gasteiger charge is 2.32. The third-order valence-electron chi connectivity index (χ3n) is 4.66. The van der Waals surface area contributed by atoms with Crippen molar-refractivity contribution in [2.24, 2.45) is 0 Å². The molecule has 2 aliphatic rings. The highest BCUT2D eigenvalue weighted by molar-refractivity contribution is 4.89. The van der Waals surface area contributed by atoms with Crippen molar-refractivity contribution in [2.75, 3.05) is 26.2 Å². The van der Waals surface area contributed by atoms with Gasteiger partial charge in [-0.25, -0.2) is 0 Å². The first-order chi connectivity index (χ1) is 8.24. The molecule has 1 aliphatic carbocycles. The summed E-state index contributed by atoms with van der Waals surface area (Å²) in [5, 5.41) is 9.77. The molecule has 1 aliphatic heterocycles. The van der Waals surface area contributed by atoms with Crippen molar-refractivity contribution in [3.8, 4) is 0 Å². The largest absolute Gasteiger partial charge is 0.393 e. The Morgan fingerprint density at radius 2 is 1.94 bits per heavy atom. The van der Waals surface area contributed by atoms with Crippen molar-refractivity contribution in [3.63, 3.8) is 0 Å². The van der Waals surface area contributed by atoms with E-state index in [1.165, 1.54) is 45.4 Å². The zero-order chi connectivity index (χ0) is 12.3. The van der Waals surface area contributed by atoms with Crippen LogP contribution >= 0.6 is 0 Å². The minimum Gasteiger partial charge on any atom is -0.393 e. The third-order valence-corrected chi connectivity index (χ3v) is 4.66. The van der Waals surface area contributed by atoms with E-state index in [0.29, 0.717) is 6.04 Å². The molecule has 2 fully saturated rings. The number of hydrogen-bond acceptors (Lipinski definition) is 3. The molecule has 0 amide bonds. The summed E-state index contributed by atoms with van der Waals surface area (Å²) in [7, 11) is 0. The quantitative estimate of drug-likeness (QED) is 0.810. The van der Waals surface area contributed by atoms with Gasteiger partial charge in [0.25, 0.3) is 0 Å². The van der Waals surface area contributed by atoms with E-state index in [4.69, 9.17) is 0 Å². The zero-order valence-corrected chi connectivity index (χ0v) is 11.4. The summed E-state index contributed by atoms with van der Waals surface area (Å²) in [5.41, 5.74) is 0. The van der Waals surface area contributed by atoms with Crippen LogP contribution in [0.1, 0.15) is 46.0 Å². The lowest BCUT2D eigenvalue weighted by Gasteiger charge is -2.34. The van der Waals surface area contributed by atoms with Crippen LogP contribution in [-0.4, -0.2) is 59.3 Å². The molecule has 3 unspecified atom stereocenters. The number of likely N-dealkylation sites (tertiary alicyclic amines) is 1. The highest BCUT2D eigenvalue weighted by atomic mass is 16.3. The Hall–Kier alpha value is -0.120. The maximum atomic E-state index is 9.77. The standard InChI is InChI=1S/C14H28N2O/c1-3-15(4-2)13-8-9-16(11-13)12-6-5-7-14(17)10-12/h12-14,17H,3-11H2,1-2H3. The highest BCUT2D eigenvalue weighted by Crippen LogP contribution is 2.27. The lowest BCUT2D eigenvalue weighted by Crippen LogP contribution is -2.42. The molecule has 100 valence electrons. The molecule has 0 aromatic heterocycles. The van der Waals surface area contributed by atoms with Crippen molar-refractivity contribution >= 4 is 0 Å². The zero-order valence-electron chi connectivity index (χ0n) is 11.4. The Kier molecular flexibility index (Phi) is 4.83. The van der Waals surface area contributed by atoms with Crippen LogP contribution in [0, 0.1) is 0 Å². The molecule has 1 saturated heterocycles. The minimum absolute atomic E-state index is 0.0405. The van der Waals surface area contributed by atoms with Crippen LogP contribution in [0.5, 0.6) is 0 Å². The number of likely N-dealkylation sites (N-methyl/N-ethyl adjacent to an activating group) is 1. The van der Waals surface area contributed by atoms with E-state index < -0.39 is 0 Å². The van der Waals surface area contributed by atoms with Crippen molar-refractivity contribution in [1.29, 1.82) is 0 Å². The normalized spacial score (nSPS) is 35.6. The van der Waals surface area contributed by atoms with E-state index in [1.807, 2.05) is 0 Å². The first-order valence-electron chi connectivity index (χ1n) is 7.40. The number of aliphatic hydroxyl groups excluding tert-OH is 1. The fraction of sp³-hybridized carbons (Fsp3) is 1.00. The number of aliphatic hydroxyl groups is 1. The summed E-state index contributed by atoms with van der Waals surface area (Å²) in [5.74, 6) is 0. The molecular formula is C14H28N2O. The maximum absolute atomic E-state index is 9.77. The average Bonchev–Trinajstić information content (AvgIpc) is 2.80. The van der Waals surface area contributed by atoms with E-state index >= 15 is 0 Å². The number of hydrogen-bond donors (Lipinski definition) is 1. The van der Waals surface area contributed by atoms with Gasteiger partial charge in [0, 0.05) is 25.2 Å². The fourth-order valence-electron chi connectivity index (χ4n) is 3.61. The fourth-order valence-corrected chi connectivity index (χ4v) is 3.61. The molecule has 0 aromatic carbocycles. The molecule has 0 radical (unpaired) electrons. The van der Waals surface area contributed by atoms with Gasteiger partial charge in [0.2, 0.25) is 0 Å². The van der Waals surface area contributed by atoms with E-state index in [-0.39, 0.29) is 6.10 Å². The van der Waals surface area contributed by atoms with Crippen molar-refractivity contribution in [3.05, 3.63) is 0 Å². The molecule has 0 spiro atoms. The summed E-state index contributed by atoms with van der Waals surface area (Å²) < 4.78 is 0. The molecule has 3 heteroatoms. The molecular weight excluding hydrogens is 212 g/mol. The van der Waals surface area contributed by atoms with Crippen molar-refractivity contribution < 1.29 is 5.11 Å². The van der Waals surface area contributed by atoms with Crippen LogP contribution in [0.2, 0.25) is 0 Å². The topological polar surface area (TPSA) is 26.7 Å². The van der Waals surface area contributed by atoms with Gasteiger partial charge in [-0.2, -0.15) is 0 Å². The predicted octanol–water partition coefficient (Wildman–Crippen LogP) is 1.71. The summed E-state index contributed by atoms with van der Waals surface area (Å²) in [6, 6.07) is 1.41. The maximum Gasteiger partial charge on any atom is 0.0555 e. The molecule has 0 bridgehead atoms. The first kappa shape index (κ1) is 13.3. The summed E-state index contributed by atoms with van der Waals surface area (Å²) in [6.07, 6.45) is 5.80. The van der Waals surface area contributed by atoms with Gasteiger partial charge in [-0.1, -0.05) is 13.8 Å². The van der Waals surface area contributed by atoms with Crippen LogP contribution in [-0.2, 0) is 0 Å². The van der Waals surface area contributed by atoms with Gasteiger partial charge in [-0.05, 0) is 45.2 Å². The van der Waals surface area contributed by atoms with Gasteiger partial charge in [-0.15, -0.1) is 0 Å². The molecule has 0 aromatic rings. The minimum atomic E-state index is -0.0405. The Morgan fingerprint density at radius 3 is 2.59 bits per heavy atom. The number of rotatable bonds is 4. The Bertz CT molecular complexity index is 230. The van der Waals surface area contributed by atoms with Gasteiger partial charge in [0.1, 0.15) is 0 Å². The van der Waals surface area contributed by atoms with Crippen LogP contribution < -0.4 is 0 Å². The van der Waals surface area contributed by atoms with Crippen LogP contribution in [0.3, 0.4) is 0 Å². The van der Waals surface area contributed by atoms with E-state index in [2.05, 4.69) is 23.6 Å². The van der Waals surface area contributed by atoms with E-state index in [9.17, 15) is 5.11 Å². The second-order valence-electron chi connectivity index (χ2n) is 5.63. The molecule has 3 nitrogen and oxygen atoms in total. The van der Waals surface area contributed by atoms with Crippen LogP contribution in [0.25, 0.3) is 0 Å². The van der Waals surface area contributed by atoms with Crippen LogP contribution in [0.15, 0.2) is 0 Å². The second-order valence-corrected chi connectivity index (χ2v) is 5.63. The predicted molar refractivity (Wildman–Crippen MR) is 71.2 cm³/mol. The van der Waals surface area contributed by atoms with Crippen molar-refractivity contribution in [1.82, 2.24) is 9.80 Å².